The summed E-state index contributed by atoms with van der Waals surface area (Å²) in [5, 5.41) is 0. The summed E-state index contributed by atoms with van der Waals surface area (Å²) in [6.45, 7) is 3.33. The molecule has 1 nitrogen and oxygen atoms in total. The normalized spacial score (nSPS) is 14.3. The molecule has 0 N–H and O–H groups in total. The van der Waals surface area contributed by atoms with E-state index in [-0.39, 0.29) is 5.92 Å². The lowest BCUT2D eigenvalue weighted by Gasteiger charge is -2.00. The van der Waals surface area contributed by atoms with Crippen LogP contribution in [0.5, 0.6) is 0 Å². The van der Waals surface area contributed by atoms with E-state index in [1.807, 2.05) is 0 Å². The van der Waals surface area contributed by atoms with Gasteiger partial charge in [-0.05, 0) is 5.92 Å². The number of hydrogen-bond acceptors (Lipinski definition) is 1. The molecule has 0 rings (SSSR count). The Hall–Kier alpha value is -0.400. The summed E-state index contributed by atoms with van der Waals surface area (Å²) in [4.78, 5) is 9.57. The average Bonchev–Trinajstić information content (AvgIpc) is 1.65. The second kappa shape index (κ2) is 2.72. The van der Waals surface area contributed by atoms with Crippen molar-refractivity contribution in [3.8, 4) is 0 Å². The molecule has 0 heterocycles. The highest BCUT2D eigenvalue weighted by molar-refractivity contribution is 5.55. The Morgan fingerprint density at radius 1 is 1.57 bits per heavy atom. The molecule has 0 aromatic heterocycles. The van der Waals surface area contributed by atoms with Crippen LogP contribution >= 0.6 is 0 Å². The van der Waals surface area contributed by atoms with Gasteiger partial charge in [0, 0.05) is 0 Å². The minimum absolute atomic E-state index is 0.169. The topological polar surface area (TPSA) is 17.1 Å². The first kappa shape index (κ1) is 6.60. The number of carbonyl (C=O) groups excluding carboxylic acids is 1. The molecule has 0 aliphatic rings. The average molecular weight is 104 g/mol. The maximum absolute atomic E-state index is 11.9. The summed E-state index contributed by atoms with van der Waals surface area (Å²) in [6, 6.07) is 0. The molecule has 0 aliphatic heterocycles. The summed E-state index contributed by atoms with van der Waals surface area (Å²) in [6.07, 6.45) is -0.954. The third-order valence-corrected chi connectivity index (χ3v) is 0.767. The molecule has 0 bridgehead atoms. The van der Waals surface area contributed by atoms with Gasteiger partial charge in [-0.15, -0.1) is 0 Å². The third kappa shape index (κ3) is 2.31. The van der Waals surface area contributed by atoms with Gasteiger partial charge in [-0.25, -0.2) is 4.39 Å². The van der Waals surface area contributed by atoms with Crippen molar-refractivity contribution in [2.24, 2.45) is 5.92 Å². The highest BCUT2D eigenvalue weighted by Crippen LogP contribution is 2.00. The van der Waals surface area contributed by atoms with Crippen molar-refractivity contribution in [3.63, 3.8) is 0 Å². The van der Waals surface area contributed by atoms with Crippen LogP contribution in [0.4, 0.5) is 4.39 Å². The molecule has 0 spiro atoms. The minimum atomic E-state index is -1.28. The second-order valence-corrected chi connectivity index (χ2v) is 1.82. The van der Waals surface area contributed by atoms with Crippen LogP contribution in [-0.4, -0.2) is 12.5 Å². The van der Waals surface area contributed by atoms with Crippen molar-refractivity contribution in [3.05, 3.63) is 0 Å². The second-order valence-electron chi connectivity index (χ2n) is 1.82. The first-order valence-corrected chi connectivity index (χ1v) is 2.28. The van der Waals surface area contributed by atoms with Crippen LogP contribution < -0.4 is 0 Å². The van der Waals surface area contributed by atoms with Crippen LogP contribution in [0.15, 0.2) is 0 Å². The summed E-state index contributed by atoms with van der Waals surface area (Å²) >= 11 is 0. The molecule has 0 aromatic rings. The molecular formula is C5H9FO. The third-order valence-electron chi connectivity index (χ3n) is 0.767. The van der Waals surface area contributed by atoms with E-state index in [0.29, 0.717) is 6.29 Å². The number of rotatable bonds is 2. The molecule has 0 amide bonds. The Balaban J connectivity index is 3.33. The Labute approximate surface area is 42.5 Å². The molecular weight excluding hydrogens is 95.1 g/mol. The maximum atomic E-state index is 11.9. The number of hydrogen-bond donors (Lipinski definition) is 0. The Morgan fingerprint density at radius 2 is 2.00 bits per heavy atom. The highest BCUT2D eigenvalue weighted by atomic mass is 19.1. The molecule has 7 heavy (non-hydrogen) atoms. The van der Waals surface area contributed by atoms with Gasteiger partial charge in [-0.2, -0.15) is 0 Å². The molecule has 0 saturated carbocycles. The predicted molar refractivity (Wildman–Crippen MR) is 25.8 cm³/mol. The van der Waals surface area contributed by atoms with Gasteiger partial charge in [0.1, 0.15) is 0 Å². The van der Waals surface area contributed by atoms with Gasteiger partial charge in [-0.1, -0.05) is 13.8 Å². The van der Waals surface area contributed by atoms with Crippen LogP contribution in [0, 0.1) is 5.92 Å². The Bertz CT molecular complexity index is 61.1. The van der Waals surface area contributed by atoms with Crippen LogP contribution in [-0.2, 0) is 4.79 Å². The fourth-order valence-electron chi connectivity index (χ4n) is 0.157. The van der Waals surface area contributed by atoms with Crippen molar-refractivity contribution in [1.82, 2.24) is 0 Å². The van der Waals surface area contributed by atoms with Crippen LogP contribution in [0.3, 0.4) is 0 Å². The summed E-state index contributed by atoms with van der Waals surface area (Å²) < 4.78 is 11.9. The van der Waals surface area contributed by atoms with Crippen molar-refractivity contribution in [2.45, 2.75) is 20.0 Å². The van der Waals surface area contributed by atoms with E-state index < -0.39 is 6.17 Å². The number of alkyl halides is 1. The van der Waals surface area contributed by atoms with Gasteiger partial charge in [0.2, 0.25) is 0 Å². The molecule has 0 aliphatic carbocycles. The first-order valence-electron chi connectivity index (χ1n) is 2.28. The SMILES string of the molecule is CC(C)[C@H](F)C=O. The lowest BCUT2D eigenvalue weighted by molar-refractivity contribution is -0.113. The zero-order chi connectivity index (χ0) is 5.86. The van der Waals surface area contributed by atoms with Gasteiger partial charge in [0.15, 0.2) is 12.5 Å². The monoisotopic (exact) mass is 104 g/mol. The summed E-state index contributed by atoms with van der Waals surface area (Å²) in [5.74, 6) is -0.169. The highest BCUT2D eigenvalue weighted by Gasteiger charge is 2.07. The number of carbonyl (C=O) groups is 1. The van der Waals surface area contributed by atoms with Gasteiger partial charge in [0.05, 0.1) is 0 Å². The number of halogens is 1. The molecule has 0 aromatic carbocycles. The van der Waals surface area contributed by atoms with Crippen LogP contribution in [0.2, 0.25) is 0 Å². The molecule has 1 atom stereocenters. The van der Waals surface area contributed by atoms with Crippen LogP contribution in [0.1, 0.15) is 13.8 Å². The van der Waals surface area contributed by atoms with Crippen LogP contribution in [0.25, 0.3) is 0 Å². The van der Waals surface area contributed by atoms with E-state index in [9.17, 15) is 9.18 Å². The van der Waals surface area contributed by atoms with Gasteiger partial charge < -0.3 is 4.79 Å². The molecule has 0 radical (unpaired) electrons. The Kier molecular flexibility index (Phi) is 2.56. The fourth-order valence-corrected chi connectivity index (χ4v) is 0.157. The standard InChI is InChI=1S/C5H9FO/c1-4(2)5(6)3-7/h3-5H,1-2H3/t5-/m1/s1. The predicted octanol–water partition coefficient (Wildman–Crippen LogP) is 1.18. The minimum Gasteiger partial charge on any atom is -0.300 e. The largest absolute Gasteiger partial charge is 0.300 e. The zero-order valence-electron chi connectivity index (χ0n) is 4.52. The van der Waals surface area contributed by atoms with Gasteiger partial charge >= 0.3 is 0 Å². The molecule has 0 unspecified atom stereocenters. The van der Waals surface area contributed by atoms with E-state index in [1.165, 1.54) is 0 Å². The maximum Gasteiger partial charge on any atom is 0.157 e. The molecule has 0 saturated heterocycles. The van der Waals surface area contributed by atoms with E-state index in [4.69, 9.17) is 0 Å². The molecule has 42 valence electrons. The van der Waals surface area contributed by atoms with Crippen molar-refractivity contribution >= 4 is 6.29 Å². The molecule has 0 fully saturated rings. The zero-order valence-corrected chi connectivity index (χ0v) is 4.52. The van der Waals surface area contributed by atoms with E-state index in [2.05, 4.69) is 0 Å². The summed E-state index contributed by atoms with van der Waals surface area (Å²) in [7, 11) is 0. The Morgan fingerprint density at radius 3 is 2.00 bits per heavy atom. The van der Waals surface area contributed by atoms with Crippen molar-refractivity contribution in [1.29, 1.82) is 0 Å². The lowest BCUT2D eigenvalue weighted by Crippen LogP contribution is -2.09. The van der Waals surface area contributed by atoms with E-state index in [1.54, 1.807) is 13.8 Å². The quantitative estimate of drug-likeness (QED) is 0.481. The smallest absolute Gasteiger partial charge is 0.157 e. The van der Waals surface area contributed by atoms with E-state index in [0.717, 1.165) is 0 Å². The lowest BCUT2D eigenvalue weighted by atomic mass is 10.1. The van der Waals surface area contributed by atoms with Gasteiger partial charge in [0.25, 0.3) is 0 Å². The van der Waals surface area contributed by atoms with E-state index >= 15 is 0 Å². The first-order chi connectivity index (χ1) is 3.18. The molecule has 2 heteroatoms. The number of aldehydes is 1. The summed E-state index contributed by atoms with van der Waals surface area (Å²) in [5.41, 5.74) is 0. The van der Waals surface area contributed by atoms with Crippen molar-refractivity contribution in [2.75, 3.05) is 0 Å². The fraction of sp³-hybridized carbons (Fsp3) is 0.800. The van der Waals surface area contributed by atoms with Gasteiger partial charge in [-0.3, -0.25) is 0 Å². The van der Waals surface area contributed by atoms with Crippen molar-refractivity contribution < 1.29 is 9.18 Å².